The van der Waals surface area contributed by atoms with E-state index in [1.54, 1.807) is 23.5 Å². The summed E-state index contributed by atoms with van der Waals surface area (Å²) < 4.78 is 6.17. The Morgan fingerprint density at radius 1 is 1.06 bits per heavy atom. The molecule has 6 heteroatoms. The van der Waals surface area contributed by atoms with Crippen LogP contribution in [0.5, 0.6) is 0 Å². The quantitative estimate of drug-likeness (QED) is 0.598. The van der Waals surface area contributed by atoms with Crippen LogP contribution in [0.4, 0.5) is 0 Å². The van der Waals surface area contributed by atoms with Crippen LogP contribution in [-0.2, 0) is 4.74 Å². The van der Waals surface area contributed by atoms with Gasteiger partial charge in [-0.15, -0.1) is 23.5 Å². The van der Waals surface area contributed by atoms with Gasteiger partial charge in [0, 0.05) is 20.9 Å². The first-order valence-electron chi connectivity index (χ1n) is 11.2. The van der Waals surface area contributed by atoms with E-state index in [0.29, 0.717) is 5.57 Å². The lowest BCUT2D eigenvalue weighted by atomic mass is 9.80. The largest absolute Gasteiger partial charge is 0.440 e. The van der Waals surface area contributed by atoms with Crippen LogP contribution < -0.4 is 10.6 Å². The van der Waals surface area contributed by atoms with Crippen molar-refractivity contribution in [2.45, 2.75) is 29.1 Å². The van der Waals surface area contributed by atoms with Crippen molar-refractivity contribution in [1.82, 2.24) is 0 Å². The summed E-state index contributed by atoms with van der Waals surface area (Å²) in [5.74, 6) is 0.890. The molecule has 3 N–H and O–H groups in total. The fourth-order valence-electron chi connectivity index (χ4n) is 4.65. The second-order valence-corrected chi connectivity index (χ2v) is 10.1. The Kier molecular flexibility index (Phi) is 7.54. The van der Waals surface area contributed by atoms with Gasteiger partial charge >= 0.3 is 0 Å². The van der Waals surface area contributed by atoms with Gasteiger partial charge in [-0.1, -0.05) is 31.2 Å². The van der Waals surface area contributed by atoms with E-state index in [9.17, 15) is 5.26 Å². The molecule has 4 rings (SSSR count). The Labute approximate surface area is 205 Å². The van der Waals surface area contributed by atoms with Crippen LogP contribution >= 0.6 is 23.5 Å². The fourth-order valence-corrected chi connectivity index (χ4v) is 5.46. The van der Waals surface area contributed by atoms with Gasteiger partial charge in [-0.3, -0.25) is 0 Å². The van der Waals surface area contributed by atoms with Crippen LogP contribution in [0.15, 0.2) is 86.7 Å². The molecule has 4 nitrogen and oxygen atoms in total. The SMILES string of the molecule is CCC[NH+]1CC(=Cc2ccc(SC)cc2)C2=C(C1)C(c1ccc(SC)cc1)C(C#N)=C(N)O2. The first-order valence-corrected chi connectivity index (χ1v) is 13.7. The van der Waals surface area contributed by atoms with Crippen LogP contribution in [0.2, 0.25) is 0 Å². The molecule has 2 aromatic carbocycles. The summed E-state index contributed by atoms with van der Waals surface area (Å²) in [6, 6.07) is 19.4. The van der Waals surface area contributed by atoms with Crippen LogP contribution in [-0.4, -0.2) is 32.1 Å². The van der Waals surface area contributed by atoms with Crippen molar-refractivity contribution < 1.29 is 9.64 Å². The van der Waals surface area contributed by atoms with Crippen molar-refractivity contribution in [1.29, 1.82) is 5.26 Å². The first kappa shape index (κ1) is 23.6. The van der Waals surface area contributed by atoms with Crippen LogP contribution in [0.25, 0.3) is 6.08 Å². The molecule has 0 aromatic heterocycles. The third kappa shape index (κ3) is 5.01. The number of nitrogens with zero attached hydrogens (tertiary/aromatic N) is 1. The zero-order valence-electron chi connectivity index (χ0n) is 19.4. The lowest BCUT2D eigenvalue weighted by molar-refractivity contribution is -0.892. The van der Waals surface area contributed by atoms with Gasteiger partial charge in [0.1, 0.15) is 30.5 Å². The van der Waals surface area contributed by atoms with Crippen LogP contribution in [0.1, 0.15) is 30.4 Å². The molecule has 0 amide bonds. The molecule has 2 aliphatic rings. The highest BCUT2D eigenvalue weighted by Crippen LogP contribution is 2.42. The number of nitrogens with one attached hydrogen (secondary N) is 1. The Balaban J connectivity index is 1.82. The van der Waals surface area contributed by atoms with E-state index in [0.717, 1.165) is 54.1 Å². The lowest BCUT2D eigenvalue weighted by Crippen LogP contribution is -3.13. The standard InChI is InChI=1S/C27H29N3OS2/c1-4-13-30-16-20(14-18-5-9-21(32-2)10-6-18)26-24(17-30)25(23(15-28)27(29)31-26)19-7-11-22(33-3)12-8-19/h5-12,14,25H,4,13,16-17,29H2,1-3H3/p+1. The normalized spacial score (nSPS) is 21.6. The molecule has 0 radical (unpaired) electrons. The predicted molar refractivity (Wildman–Crippen MR) is 138 cm³/mol. The molecule has 0 saturated heterocycles. The van der Waals surface area contributed by atoms with Gasteiger partial charge in [0.2, 0.25) is 5.88 Å². The molecule has 0 saturated carbocycles. The van der Waals surface area contributed by atoms with E-state index in [4.69, 9.17) is 10.5 Å². The number of hydrogen-bond acceptors (Lipinski definition) is 5. The molecule has 2 atom stereocenters. The van der Waals surface area contributed by atoms with Crippen molar-refractivity contribution in [2.24, 2.45) is 5.73 Å². The summed E-state index contributed by atoms with van der Waals surface area (Å²) in [5.41, 5.74) is 11.4. The molecule has 2 aliphatic heterocycles. The Hall–Kier alpha value is -2.59. The molecular formula is C27H30N3OS2+. The minimum Gasteiger partial charge on any atom is -0.440 e. The van der Waals surface area contributed by atoms with Gasteiger partial charge < -0.3 is 15.4 Å². The van der Waals surface area contributed by atoms with E-state index in [2.05, 4.69) is 80.1 Å². The van der Waals surface area contributed by atoms with E-state index in [1.807, 2.05) is 0 Å². The van der Waals surface area contributed by atoms with Crippen LogP contribution in [0, 0.1) is 11.3 Å². The first-order chi connectivity index (χ1) is 16.1. The zero-order chi connectivity index (χ0) is 23.4. The third-order valence-corrected chi connectivity index (χ3v) is 7.70. The highest BCUT2D eigenvalue weighted by molar-refractivity contribution is 7.98. The summed E-state index contributed by atoms with van der Waals surface area (Å²) in [5, 5.41) is 9.99. The van der Waals surface area contributed by atoms with E-state index >= 15 is 0 Å². The average molecular weight is 477 g/mol. The molecule has 2 unspecified atom stereocenters. The minimum absolute atomic E-state index is 0.177. The second-order valence-electron chi connectivity index (χ2n) is 8.35. The van der Waals surface area contributed by atoms with Gasteiger partial charge in [0.15, 0.2) is 0 Å². The number of nitrogens with two attached hydrogens (primary N) is 1. The van der Waals surface area contributed by atoms with Gasteiger partial charge in [-0.05, 0) is 60.4 Å². The van der Waals surface area contributed by atoms with Crippen molar-refractivity contribution >= 4 is 29.6 Å². The molecule has 2 aromatic rings. The van der Waals surface area contributed by atoms with Gasteiger partial charge in [-0.25, -0.2) is 0 Å². The predicted octanol–water partition coefficient (Wildman–Crippen LogP) is 4.58. The number of rotatable bonds is 6. The van der Waals surface area contributed by atoms with Crippen molar-refractivity contribution in [2.75, 3.05) is 32.1 Å². The van der Waals surface area contributed by atoms with Gasteiger partial charge in [0.25, 0.3) is 0 Å². The summed E-state index contributed by atoms with van der Waals surface area (Å²) in [7, 11) is 0. The number of allylic oxidation sites excluding steroid dienone is 1. The Morgan fingerprint density at radius 2 is 1.70 bits per heavy atom. The number of thioether (sulfide) groups is 2. The Bertz CT molecular complexity index is 1140. The third-order valence-electron chi connectivity index (χ3n) is 6.21. The monoisotopic (exact) mass is 476 g/mol. The van der Waals surface area contributed by atoms with Crippen LogP contribution in [0.3, 0.4) is 0 Å². The van der Waals surface area contributed by atoms with Gasteiger partial charge in [-0.2, -0.15) is 5.26 Å². The van der Waals surface area contributed by atoms with E-state index < -0.39 is 0 Å². The molecular weight excluding hydrogens is 446 g/mol. The van der Waals surface area contributed by atoms with Crippen molar-refractivity contribution in [3.8, 4) is 6.07 Å². The summed E-state index contributed by atoms with van der Waals surface area (Å²) >= 11 is 3.45. The maximum atomic E-state index is 9.99. The smallest absolute Gasteiger partial charge is 0.205 e. The van der Waals surface area contributed by atoms with E-state index in [1.165, 1.54) is 14.7 Å². The summed E-state index contributed by atoms with van der Waals surface area (Å²) in [6.45, 7) is 5.01. The maximum Gasteiger partial charge on any atom is 0.205 e. The summed E-state index contributed by atoms with van der Waals surface area (Å²) in [4.78, 5) is 3.93. The van der Waals surface area contributed by atoms with Crippen molar-refractivity contribution in [3.05, 3.63) is 88.0 Å². The maximum absolute atomic E-state index is 9.99. The number of hydrogen-bond donors (Lipinski definition) is 2. The highest BCUT2D eigenvalue weighted by atomic mass is 32.2. The Morgan fingerprint density at radius 3 is 2.27 bits per heavy atom. The fraction of sp³-hybridized carbons (Fsp3) is 0.296. The molecule has 0 bridgehead atoms. The zero-order valence-corrected chi connectivity index (χ0v) is 21.0. The average Bonchev–Trinajstić information content (AvgIpc) is 2.84. The van der Waals surface area contributed by atoms with Gasteiger partial charge in [0.05, 0.1) is 12.5 Å². The van der Waals surface area contributed by atoms with E-state index in [-0.39, 0.29) is 11.8 Å². The molecule has 2 heterocycles. The summed E-state index contributed by atoms with van der Waals surface area (Å²) in [6.07, 6.45) is 7.47. The lowest BCUT2D eigenvalue weighted by Gasteiger charge is -2.36. The number of ether oxygens (including phenoxy) is 1. The topological polar surface area (TPSA) is 63.5 Å². The highest BCUT2D eigenvalue weighted by Gasteiger charge is 2.39. The molecule has 170 valence electrons. The molecule has 0 fully saturated rings. The number of nitriles is 1. The van der Waals surface area contributed by atoms with Crippen molar-refractivity contribution in [3.63, 3.8) is 0 Å². The minimum atomic E-state index is -0.177. The number of quaternary nitrogens is 1. The molecule has 0 aliphatic carbocycles. The number of benzene rings is 2. The molecule has 33 heavy (non-hydrogen) atoms. The molecule has 0 spiro atoms. The second kappa shape index (κ2) is 10.6.